The Hall–Kier alpha value is -0.510. The number of aliphatic hydroxyl groups is 1. The minimum absolute atomic E-state index is 0.216. The Kier molecular flexibility index (Phi) is 4.13. The number of thioether (sulfide) groups is 1. The van der Waals surface area contributed by atoms with Gasteiger partial charge in [-0.25, -0.2) is 0 Å². The molecular formula is C14H21NOS. The summed E-state index contributed by atoms with van der Waals surface area (Å²) in [5.41, 5.74) is 1.56. The van der Waals surface area contributed by atoms with Crippen LogP contribution in [0.1, 0.15) is 18.4 Å². The van der Waals surface area contributed by atoms with Crippen LogP contribution in [0.5, 0.6) is 0 Å². The van der Waals surface area contributed by atoms with Crippen molar-refractivity contribution in [1.82, 2.24) is 4.90 Å². The summed E-state index contributed by atoms with van der Waals surface area (Å²) in [6, 6.07) is 8.74. The van der Waals surface area contributed by atoms with E-state index in [1.165, 1.54) is 23.3 Å². The molecule has 1 fully saturated rings. The van der Waals surface area contributed by atoms with Crippen LogP contribution in [0.15, 0.2) is 29.2 Å². The zero-order valence-corrected chi connectivity index (χ0v) is 11.5. The van der Waals surface area contributed by atoms with E-state index in [0.717, 1.165) is 13.1 Å². The van der Waals surface area contributed by atoms with Crippen LogP contribution in [-0.4, -0.2) is 36.5 Å². The maximum atomic E-state index is 9.31. The van der Waals surface area contributed by atoms with E-state index in [1.807, 2.05) is 0 Å². The number of hydrogen-bond donors (Lipinski definition) is 1. The molecule has 0 aliphatic heterocycles. The number of benzene rings is 1. The summed E-state index contributed by atoms with van der Waals surface area (Å²) in [5, 5.41) is 9.31. The van der Waals surface area contributed by atoms with Gasteiger partial charge in [-0.2, -0.15) is 0 Å². The summed E-state index contributed by atoms with van der Waals surface area (Å²) in [5.74, 6) is 0. The standard InChI is InChI=1S/C14H21NOS/c1-15(10-14(11-16)7-8-14)9-12-3-5-13(17-2)6-4-12/h3-6,16H,7-11H2,1-2H3. The van der Waals surface area contributed by atoms with Gasteiger partial charge in [-0.3, -0.25) is 0 Å². The molecule has 0 radical (unpaired) electrons. The van der Waals surface area contributed by atoms with Gasteiger partial charge in [0.1, 0.15) is 0 Å². The van der Waals surface area contributed by atoms with Crippen molar-refractivity contribution in [3.8, 4) is 0 Å². The van der Waals surface area contributed by atoms with Crippen LogP contribution in [0.3, 0.4) is 0 Å². The lowest BCUT2D eigenvalue weighted by atomic mass is 10.1. The Balaban J connectivity index is 1.87. The molecule has 0 amide bonds. The van der Waals surface area contributed by atoms with Crippen LogP contribution in [0.4, 0.5) is 0 Å². The minimum Gasteiger partial charge on any atom is -0.396 e. The van der Waals surface area contributed by atoms with E-state index in [-0.39, 0.29) is 5.41 Å². The van der Waals surface area contributed by atoms with E-state index in [2.05, 4.69) is 42.5 Å². The summed E-state index contributed by atoms with van der Waals surface area (Å²) >= 11 is 1.77. The smallest absolute Gasteiger partial charge is 0.0499 e. The molecule has 0 spiro atoms. The summed E-state index contributed by atoms with van der Waals surface area (Å²) in [6.07, 6.45) is 4.46. The fraction of sp³-hybridized carbons (Fsp3) is 0.571. The van der Waals surface area contributed by atoms with Crippen molar-refractivity contribution in [2.45, 2.75) is 24.3 Å². The van der Waals surface area contributed by atoms with Crippen molar-refractivity contribution in [2.75, 3.05) is 26.5 Å². The molecule has 1 aliphatic carbocycles. The van der Waals surface area contributed by atoms with E-state index in [0.29, 0.717) is 6.61 Å². The van der Waals surface area contributed by atoms with Crippen molar-refractivity contribution >= 4 is 11.8 Å². The van der Waals surface area contributed by atoms with E-state index < -0.39 is 0 Å². The fourth-order valence-electron chi connectivity index (χ4n) is 2.21. The topological polar surface area (TPSA) is 23.5 Å². The van der Waals surface area contributed by atoms with Crippen molar-refractivity contribution in [3.63, 3.8) is 0 Å². The highest BCUT2D eigenvalue weighted by Crippen LogP contribution is 2.45. The van der Waals surface area contributed by atoms with Gasteiger partial charge < -0.3 is 10.0 Å². The molecule has 1 aliphatic rings. The van der Waals surface area contributed by atoms with Gasteiger partial charge in [0.25, 0.3) is 0 Å². The predicted octanol–water partition coefficient (Wildman–Crippen LogP) is 2.61. The molecule has 94 valence electrons. The highest BCUT2D eigenvalue weighted by Gasteiger charge is 2.42. The summed E-state index contributed by atoms with van der Waals surface area (Å²) in [7, 11) is 2.14. The van der Waals surface area contributed by atoms with Gasteiger partial charge >= 0.3 is 0 Å². The van der Waals surface area contributed by atoms with Crippen LogP contribution in [0, 0.1) is 5.41 Å². The largest absolute Gasteiger partial charge is 0.396 e. The van der Waals surface area contributed by atoms with E-state index in [1.54, 1.807) is 11.8 Å². The second kappa shape index (κ2) is 5.42. The SMILES string of the molecule is CSc1ccc(CN(C)CC2(CO)CC2)cc1. The van der Waals surface area contributed by atoms with Gasteiger partial charge in [0.15, 0.2) is 0 Å². The molecular weight excluding hydrogens is 230 g/mol. The van der Waals surface area contributed by atoms with Crippen LogP contribution < -0.4 is 0 Å². The van der Waals surface area contributed by atoms with E-state index in [9.17, 15) is 5.11 Å². The normalized spacial score (nSPS) is 17.4. The van der Waals surface area contributed by atoms with Crippen LogP contribution >= 0.6 is 11.8 Å². The lowest BCUT2D eigenvalue weighted by molar-refractivity contribution is 0.161. The molecule has 1 N–H and O–H groups in total. The number of rotatable bonds is 6. The van der Waals surface area contributed by atoms with E-state index in [4.69, 9.17) is 0 Å². The van der Waals surface area contributed by atoms with Gasteiger partial charge in [0.05, 0.1) is 0 Å². The Morgan fingerprint density at radius 3 is 2.41 bits per heavy atom. The Bertz CT molecular complexity index is 359. The molecule has 3 heteroatoms. The number of aliphatic hydroxyl groups excluding tert-OH is 1. The third-order valence-corrected chi connectivity index (χ3v) is 4.25. The second-order valence-electron chi connectivity index (χ2n) is 5.18. The predicted molar refractivity (Wildman–Crippen MR) is 73.3 cm³/mol. The molecule has 0 heterocycles. The van der Waals surface area contributed by atoms with Gasteiger partial charge in [-0.15, -0.1) is 11.8 Å². The molecule has 1 aromatic rings. The molecule has 1 saturated carbocycles. The fourth-order valence-corrected chi connectivity index (χ4v) is 2.62. The maximum absolute atomic E-state index is 9.31. The van der Waals surface area contributed by atoms with Crippen LogP contribution in [0.25, 0.3) is 0 Å². The summed E-state index contributed by atoms with van der Waals surface area (Å²) in [6.45, 7) is 2.31. The Morgan fingerprint density at radius 2 is 1.94 bits per heavy atom. The van der Waals surface area contributed by atoms with Gasteiger partial charge in [0.2, 0.25) is 0 Å². The van der Waals surface area contributed by atoms with Crippen molar-refractivity contribution in [1.29, 1.82) is 0 Å². The van der Waals surface area contributed by atoms with Crippen molar-refractivity contribution < 1.29 is 5.11 Å². The third-order valence-electron chi connectivity index (χ3n) is 3.51. The molecule has 0 saturated heterocycles. The molecule has 0 atom stereocenters. The first-order chi connectivity index (χ1) is 8.17. The molecule has 1 aromatic carbocycles. The zero-order chi connectivity index (χ0) is 12.3. The molecule has 2 nitrogen and oxygen atoms in total. The Labute approximate surface area is 108 Å². The van der Waals surface area contributed by atoms with Crippen molar-refractivity contribution in [2.24, 2.45) is 5.41 Å². The monoisotopic (exact) mass is 251 g/mol. The molecule has 2 rings (SSSR count). The average molecular weight is 251 g/mol. The number of hydrogen-bond acceptors (Lipinski definition) is 3. The third kappa shape index (κ3) is 3.47. The van der Waals surface area contributed by atoms with E-state index >= 15 is 0 Å². The molecule has 0 unspecified atom stereocenters. The van der Waals surface area contributed by atoms with Crippen LogP contribution in [-0.2, 0) is 6.54 Å². The molecule has 0 aromatic heterocycles. The molecule has 17 heavy (non-hydrogen) atoms. The zero-order valence-electron chi connectivity index (χ0n) is 10.6. The Morgan fingerprint density at radius 1 is 1.29 bits per heavy atom. The van der Waals surface area contributed by atoms with Gasteiger partial charge in [-0.05, 0) is 43.8 Å². The maximum Gasteiger partial charge on any atom is 0.0499 e. The second-order valence-corrected chi connectivity index (χ2v) is 6.06. The highest BCUT2D eigenvalue weighted by atomic mass is 32.2. The minimum atomic E-state index is 0.216. The first-order valence-electron chi connectivity index (χ1n) is 6.10. The number of nitrogens with zero attached hydrogens (tertiary/aromatic N) is 1. The summed E-state index contributed by atoms with van der Waals surface area (Å²) < 4.78 is 0. The van der Waals surface area contributed by atoms with Crippen LogP contribution in [0.2, 0.25) is 0 Å². The highest BCUT2D eigenvalue weighted by molar-refractivity contribution is 7.98. The first-order valence-corrected chi connectivity index (χ1v) is 7.32. The quantitative estimate of drug-likeness (QED) is 0.786. The average Bonchev–Trinajstić information content (AvgIpc) is 3.10. The van der Waals surface area contributed by atoms with Gasteiger partial charge in [-0.1, -0.05) is 12.1 Å². The van der Waals surface area contributed by atoms with Gasteiger partial charge in [0, 0.05) is 30.0 Å². The molecule has 0 bridgehead atoms. The lowest BCUT2D eigenvalue weighted by Crippen LogP contribution is -2.28. The van der Waals surface area contributed by atoms with Crippen molar-refractivity contribution in [3.05, 3.63) is 29.8 Å². The first kappa shape index (κ1) is 12.9. The summed E-state index contributed by atoms with van der Waals surface area (Å²) in [4.78, 5) is 3.63. The lowest BCUT2D eigenvalue weighted by Gasteiger charge is -2.22.